The smallest absolute Gasteiger partial charge is 0.381 e. The van der Waals surface area contributed by atoms with Crippen LogP contribution in [0.25, 0.3) is 0 Å². The Morgan fingerprint density at radius 1 is 1.22 bits per heavy atom. The van der Waals surface area contributed by atoms with Crippen molar-refractivity contribution in [3.8, 4) is 5.75 Å². The molecule has 90 valence electrons. The predicted octanol–water partition coefficient (Wildman–Crippen LogP) is 0.789. The number of aromatic nitrogens is 3. The van der Waals surface area contributed by atoms with Crippen molar-refractivity contribution in [2.45, 2.75) is 0 Å². The molecule has 0 fully saturated rings. The maximum absolute atomic E-state index is 11.6. The first-order chi connectivity index (χ1) is 8.66. The Hall–Kier alpha value is -2.83. The summed E-state index contributed by atoms with van der Waals surface area (Å²) < 4.78 is 4.92. The van der Waals surface area contributed by atoms with E-state index in [-0.39, 0.29) is 17.3 Å². The van der Waals surface area contributed by atoms with E-state index in [0.29, 0.717) is 0 Å². The van der Waals surface area contributed by atoms with Crippen LogP contribution in [0.1, 0.15) is 21.1 Å². The van der Waals surface area contributed by atoms with Crippen molar-refractivity contribution in [2.75, 3.05) is 0 Å². The number of hydrogen-bond acceptors (Lipinski definition) is 6. The molecule has 0 unspecified atom stereocenters. The predicted molar refractivity (Wildman–Crippen MR) is 58.2 cm³/mol. The van der Waals surface area contributed by atoms with E-state index in [9.17, 15) is 9.59 Å². The van der Waals surface area contributed by atoms with Crippen molar-refractivity contribution < 1.29 is 19.4 Å². The van der Waals surface area contributed by atoms with E-state index >= 15 is 0 Å². The van der Waals surface area contributed by atoms with E-state index in [1.165, 1.54) is 30.7 Å². The molecule has 0 aliphatic heterocycles. The van der Waals surface area contributed by atoms with Crippen LogP contribution in [0.15, 0.2) is 36.8 Å². The Labute approximate surface area is 101 Å². The molecule has 0 saturated heterocycles. The van der Waals surface area contributed by atoms with Gasteiger partial charge in [0.2, 0.25) is 5.82 Å². The van der Waals surface area contributed by atoms with E-state index in [1.807, 2.05) is 0 Å². The number of nitrogens with zero attached hydrogens (tertiary/aromatic N) is 3. The highest BCUT2D eigenvalue weighted by Crippen LogP contribution is 2.08. The SMILES string of the molecule is O=C(O)c1ccnc(C(=O)Oc2cccnc2)n1. The Morgan fingerprint density at radius 3 is 2.72 bits per heavy atom. The summed E-state index contributed by atoms with van der Waals surface area (Å²) in [6.45, 7) is 0. The van der Waals surface area contributed by atoms with Crippen molar-refractivity contribution in [2.24, 2.45) is 0 Å². The van der Waals surface area contributed by atoms with Crippen molar-refractivity contribution in [1.82, 2.24) is 15.0 Å². The molecule has 2 aromatic heterocycles. The van der Waals surface area contributed by atoms with E-state index in [4.69, 9.17) is 9.84 Å². The summed E-state index contributed by atoms with van der Waals surface area (Å²) >= 11 is 0. The molecule has 2 rings (SSSR count). The molecule has 0 aromatic carbocycles. The third-order valence-corrected chi connectivity index (χ3v) is 1.90. The molecular formula is C11H7N3O4. The second-order valence-corrected chi connectivity index (χ2v) is 3.15. The number of hydrogen-bond donors (Lipinski definition) is 1. The van der Waals surface area contributed by atoms with E-state index in [2.05, 4.69) is 15.0 Å². The van der Waals surface area contributed by atoms with Crippen LogP contribution in [-0.2, 0) is 0 Å². The van der Waals surface area contributed by atoms with Crippen molar-refractivity contribution in [3.63, 3.8) is 0 Å². The van der Waals surface area contributed by atoms with Crippen molar-refractivity contribution >= 4 is 11.9 Å². The van der Waals surface area contributed by atoms with Gasteiger partial charge in [0, 0.05) is 12.4 Å². The van der Waals surface area contributed by atoms with Gasteiger partial charge in [0.1, 0.15) is 5.75 Å². The maximum atomic E-state index is 11.6. The monoisotopic (exact) mass is 245 g/mol. The molecule has 0 amide bonds. The average molecular weight is 245 g/mol. The van der Waals surface area contributed by atoms with Crippen LogP contribution in [0.4, 0.5) is 0 Å². The lowest BCUT2D eigenvalue weighted by Gasteiger charge is -2.02. The first-order valence-electron chi connectivity index (χ1n) is 4.85. The summed E-state index contributed by atoms with van der Waals surface area (Å²) in [7, 11) is 0. The number of carbonyl (C=O) groups excluding carboxylic acids is 1. The third kappa shape index (κ3) is 2.64. The van der Waals surface area contributed by atoms with Crippen LogP contribution in [0, 0.1) is 0 Å². The van der Waals surface area contributed by atoms with Crippen LogP contribution in [0.3, 0.4) is 0 Å². The lowest BCUT2D eigenvalue weighted by Crippen LogP contribution is -2.15. The third-order valence-electron chi connectivity index (χ3n) is 1.90. The molecule has 0 radical (unpaired) electrons. The lowest BCUT2D eigenvalue weighted by molar-refractivity contribution is 0.0688. The highest BCUT2D eigenvalue weighted by atomic mass is 16.5. The number of carboxylic acids is 1. The fraction of sp³-hybridized carbons (Fsp3) is 0. The van der Waals surface area contributed by atoms with Gasteiger partial charge in [0.15, 0.2) is 5.69 Å². The van der Waals surface area contributed by atoms with Crippen LogP contribution in [-0.4, -0.2) is 32.0 Å². The molecule has 2 aromatic rings. The Balaban J connectivity index is 2.19. The van der Waals surface area contributed by atoms with Gasteiger partial charge in [-0.25, -0.2) is 19.6 Å². The zero-order valence-electron chi connectivity index (χ0n) is 8.98. The van der Waals surface area contributed by atoms with E-state index < -0.39 is 11.9 Å². The van der Waals surface area contributed by atoms with Crippen LogP contribution in [0.2, 0.25) is 0 Å². The minimum absolute atomic E-state index is 0.229. The minimum atomic E-state index is -1.24. The maximum Gasteiger partial charge on any atom is 0.381 e. The van der Waals surface area contributed by atoms with Gasteiger partial charge in [-0.05, 0) is 18.2 Å². The van der Waals surface area contributed by atoms with Gasteiger partial charge in [-0.2, -0.15) is 0 Å². The Morgan fingerprint density at radius 2 is 2.06 bits per heavy atom. The average Bonchev–Trinajstić information content (AvgIpc) is 2.40. The van der Waals surface area contributed by atoms with E-state index in [1.54, 1.807) is 6.07 Å². The summed E-state index contributed by atoms with van der Waals surface area (Å²) in [5, 5.41) is 8.73. The molecule has 0 spiro atoms. The van der Waals surface area contributed by atoms with Gasteiger partial charge >= 0.3 is 11.9 Å². The van der Waals surface area contributed by atoms with E-state index in [0.717, 1.165) is 0 Å². The number of rotatable bonds is 3. The number of aromatic carboxylic acids is 1. The number of esters is 1. The summed E-state index contributed by atoms with van der Waals surface area (Å²) in [5.74, 6) is -2.18. The van der Waals surface area contributed by atoms with Crippen LogP contribution >= 0.6 is 0 Å². The van der Waals surface area contributed by atoms with Gasteiger partial charge in [0.25, 0.3) is 0 Å². The topological polar surface area (TPSA) is 102 Å². The first kappa shape index (κ1) is 11.6. The molecule has 2 heterocycles. The molecule has 0 saturated carbocycles. The molecule has 7 heteroatoms. The van der Waals surface area contributed by atoms with Gasteiger partial charge in [-0.1, -0.05) is 0 Å². The van der Waals surface area contributed by atoms with Crippen molar-refractivity contribution in [3.05, 3.63) is 48.3 Å². The van der Waals surface area contributed by atoms with Crippen molar-refractivity contribution in [1.29, 1.82) is 0 Å². The summed E-state index contributed by atoms with van der Waals surface area (Å²) in [4.78, 5) is 33.3. The minimum Gasteiger partial charge on any atom is -0.477 e. The largest absolute Gasteiger partial charge is 0.477 e. The highest BCUT2D eigenvalue weighted by molar-refractivity contribution is 5.90. The number of carbonyl (C=O) groups is 2. The van der Waals surface area contributed by atoms with Gasteiger partial charge in [-0.15, -0.1) is 0 Å². The quantitative estimate of drug-likeness (QED) is 0.797. The summed E-state index contributed by atoms with van der Waals surface area (Å²) in [5.41, 5.74) is -0.275. The zero-order valence-corrected chi connectivity index (χ0v) is 8.98. The number of pyridine rings is 1. The molecular weight excluding hydrogens is 238 g/mol. The Kier molecular flexibility index (Phi) is 3.24. The summed E-state index contributed by atoms with van der Waals surface area (Å²) in [6.07, 6.45) is 4.05. The first-order valence-corrected chi connectivity index (χ1v) is 4.85. The number of carboxylic acid groups (broad SMARTS) is 1. The second-order valence-electron chi connectivity index (χ2n) is 3.15. The lowest BCUT2D eigenvalue weighted by atomic mass is 10.4. The fourth-order valence-corrected chi connectivity index (χ4v) is 1.14. The number of ether oxygens (including phenoxy) is 1. The molecule has 1 N–H and O–H groups in total. The van der Waals surface area contributed by atoms with Crippen LogP contribution in [0.5, 0.6) is 5.75 Å². The highest BCUT2D eigenvalue weighted by Gasteiger charge is 2.15. The molecule has 0 aliphatic rings. The fourth-order valence-electron chi connectivity index (χ4n) is 1.14. The molecule has 0 bridgehead atoms. The Bertz CT molecular complexity index is 586. The van der Waals surface area contributed by atoms with Gasteiger partial charge < -0.3 is 9.84 Å². The van der Waals surface area contributed by atoms with Gasteiger partial charge in [0.05, 0.1) is 6.20 Å². The standard InChI is InChI=1S/C11H7N3O4/c15-10(16)8-3-5-13-9(14-8)11(17)18-7-2-1-4-12-6-7/h1-6H,(H,15,16). The molecule has 0 atom stereocenters. The second kappa shape index (κ2) is 5.00. The van der Waals surface area contributed by atoms with Crippen LogP contribution < -0.4 is 4.74 Å². The summed E-state index contributed by atoms with van der Waals surface area (Å²) in [6, 6.07) is 4.31. The molecule has 0 aliphatic carbocycles. The zero-order chi connectivity index (χ0) is 13.0. The normalized spacial score (nSPS) is 9.78. The van der Waals surface area contributed by atoms with Gasteiger partial charge in [-0.3, -0.25) is 4.98 Å². The molecule has 18 heavy (non-hydrogen) atoms. The molecule has 7 nitrogen and oxygen atoms in total.